The number of nitrogens with one attached hydrogen (secondary N) is 1. The Morgan fingerprint density at radius 1 is 1.47 bits per heavy atom. The molecule has 1 unspecified atom stereocenters. The van der Waals surface area contributed by atoms with E-state index in [2.05, 4.69) is 10.3 Å². The van der Waals surface area contributed by atoms with Gasteiger partial charge in [-0.1, -0.05) is 6.07 Å². The number of pyridine rings is 1. The van der Waals surface area contributed by atoms with Gasteiger partial charge in [0.15, 0.2) is 5.88 Å². The van der Waals surface area contributed by atoms with Crippen molar-refractivity contribution in [2.75, 3.05) is 6.54 Å². The molecule has 4 heteroatoms. The fraction of sp³-hybridized carbons (Fsp3) is 0.364. The van der Waals surface area contributed by atoms with Crippen molar-refractivity contribution in [2.24, 2.45) is 0 Å². The van der Waals surface area contributed by atoms with Crippen LogP contribution in [0.25, 0.3) is 5.52 Å². The molecule has 3 heterocycles. The lowest BCUT2D eigenvalue weighted by atomic mass is 10.2. The molecular weight excluding hydrogens is 190 g/mol. The van der Waals surface area contributed by atoms with E-state index in [-0.39, 0.29) is 11.9 Å². The Balaban J connectivity index is 2.18. The average molecular weight is 203 g/mol. The lowest BCUT2D eigenvalue weighted by Crippen LogP contribution is -2.15. The molecule has 78 valence electrons. The summed E-state index contributed by atoms with van der Waals surface area (Å²) >= 11 is 0. The van der Waals surface area contributed by atoms with E-state index in [0.717, 1.165) is 24.3 Å². The Labute approximate surface area is 87.6 Å². The molecule has 3 rings (SSSR count). The van der Waals surface area contributed by atoms with Crippen LogP contribution in [0.4, 0.5) is 0 Å². The Bertz CT molecular complexity index is 486. The zero-order valence-electron chi connectivity index (χ0n) is 8.35. The highest BCUT2D eigenvalue weighted by Crippen LogP contribution is 2.25. The standard InChI is InChI=1S/C11H13N3O/c15-10-5-1-3-8-7-13-11(14(8)10)9-4-2-6-12-9/h1,3,5,7,9,12,15H,2,4,6H2. The van der Waals surface area contributed by atoms with Gasteiger partial charge in [-0.15, -0.1) is 0 Å². The summed E-state index contributed by atoms with van der Waals surface area (Å²) in [5.41, 5.74) is 0.943. The largest absolute Gasteiger partial charge is 0.494 e. The van der Waals surface area contributed by atoms with Gasteiger partial charge in [-0.2, -0.15) is 0 Å². The lowest BCUT2D eigenvalue weighted by Gasteiger charge is -2.09. The fourth-order valence-corrected chi connectivity index (χ4v) is 2.21. The summed E-state index contributed by atoms with van der Waals surface area (Å²) in [5.74, 6) is 1.18. The third-order valence-corrected chi connectivity index (χ3v) is 2.93. The molecule has 2 N–H and O–H groups in total. The van der Waals surface area contributed by atoms with E-state index in [1.165, 1.54) is 6.42 Å². The molecule has 2 aromatic rings. The molecule has 2 aromatic heterocycles. The van der Waals surface area contributed by atoms with E-state index < -0.39 is 0 Å². The summed E-state index contributed by atoms with van der Waals surface area (Å²) in [4.78, 5) is 4.38. The summed E-state index contributed by atoms with van der Waals surface area (Å²) in [5, 5.41) is 13.2. The van der Waals surface area contributed by atoms with Gasteiger partial charge in [0.1, 0.15) is 5.82 Å². The first-order valence-corrected chi connectivity index (χ1v) is 5.25. The number of rotatable bonds is 1. The normalized spacial score (nSPS) is 21.2. The third kappa shape index (κ3) is 1.29. The van der Waals surface area contributed by atoms with Gasteiger partial charge >= 0.3 is 0 Å². The topological polar surface area (TPSA) is 49.6 Å². The molecule has 1 saturated heterocycles. The Hall–Kier alpha value is -1.55. The Morgan fingerprint density at radius 3 is 3.20 bits per heavy atom. The summed E-state index contributed by atoms with van der Waals surface area (Å²) in [6.07, 6.45) is 4.07. The zero-order valence-corrected chi connectivity index (χ0v) is 8.35. The molecule has 0 radical (unpaired) electrons. The van der Waals surface area contributed by atoms with Crippen LogP contribution in [0.15, 0.2) is 24.4 Å². The second kappa shape index (κ2) is 3.24. The molecule has 1 atom stereocenters. The van der Waals surface area contributed by atoms with Gasteiger partial charge in [0.2, 0.25) is 0 Å². The van der Waals surface area contributed by atoms with Crippen LogP contribution < -0.4 is 5.32 Å². The number of nitrogens with zero attached hydrogens (tertiary/aromatic N) is 2. The first kappa shape index (κ1) is 8.73. The first-order chi connectivity index (χ1) is 7.36. The third-order valence-electron chi connectivity index (χ3n) is 2.93. The van der Waals surface area contributed by atoms with E-state index >= 15 is 0 Å². The highest BCUT2D eigenvalue weighted by molar-refractivity contribution is 5.49. The van der Waals surface area contributed by atoms with E-state index in [9.17, 15) is 5.11 Å². The number of aromatic hydroxyl groups is 1. The monoisotopic (exact) mass is 203 g/mol. The molecular formula is C11H13N3O. The second-order valence-electron chi connectivity index (χ2n) is 3.91. The number of imidazole rings is 1. The molecule has 0 aromatic carbocycles. The van der Waals surface area contributed by atoms with Crippen molar-refractivity contribution in [3.05, 3.63) is 30.2 Å². The molecule has 4 nitrogen and oxygen atoms in total. The van der Waals surface area contributed by atoms with Crippen molar-refractivity contribution in [1.29, 1.82) is 0 Å². The van der Waals surface area contributed by atoms with E-state index in [1.807, 2.05) is 16.5 Å². The lowest BCUT2D eigenvalue weighted by molar-refractivity contribution is 0.437. The molecule has 0 bridgehead atoms. The molecule has 0 amide bonds. The van der Waals surface area contributed by atoms with Crippen molar-refractivity contribution in [3.8, 4) is 5.88 Å². The number of fused-ring (bicyclic) bond motifs is 1. The highest BCUT2D eigenvalue weighted by atomic mass is 16.3. The minimum absolute atomic E-state index is 0.258. The number of hydrogen-bond donors (Lipinski definition) is 2. The maximum absolute atomic E-state index is 9.80. The quantitative estimate of drug-likeness (QED) is 0.737. The minimum Gasteiger partial charge on any atom is -0.494 e. The summed E-state index contributed by atoms with van der Waals surface area (Å²) < 4.78 is 1.81. The molecule has 0 saturated carbocycles. The van der Waals surface area contributed by atoms with E-state index in [1.54, 1.807) is 12.3 Å². The molecule has 0 aliphatic carbocycles. The first-order valence-electron chi connectivity index (χ1n) is 5.25. The van der Waals surface area contributed by atoms with Crippen molar-refractivity contribution in [3.63, 3.8) is 0 Å². The molecule has 15 heavy (non-hydrogen) atoms. The van der Waals surface area contributed by atoms with Crippen molar-refractivity contribution in [2.45, 2.75) is 18.9 Å². The van der Waals surface area contributed by atoms with Crippen molar-refractivity contribution in [1.82, 2.24) is 14.7 Å². The smallest absolute Gasteiger partial charge is 0.197 e. The van der Waals surface area contributed by atoms with Crippen LogP contribution in [0, 0.1) is 0 Å². The summed E-state index contributed by atoms with van der Waals surface area (Å²) in [7, 11) is 0. The Morgan fingerprint density at radius 2 is 2.40 bits per heavy atom. The van der Waals surface area contributed by atoms with Crippen LogP contribution in [0.3, 0.4) is 0 Å². The van der Waals surface area contributed by atoms with Gasteiger partial charge in [0, 0.05) is 0 Å². The van der Waals surface area contributed by atoms with E-state index in [4.69, 9.17) is 0 Å². The molecule has 1 aliphatic heterocycles. The number of aromatic nitrogens is 2. The van der Waals surface area contributed by atoms with Crippen LogP contribution in [0.2, 0.25) is 0 Å². The summed E-state index contributed by atoms with van der Waals surface area (Å²) in [6.45, 7) is 1.03. The van der Waals surface area contributed by atoms with Crippen LogP contribution in [0.5, 0.6) is 5.88 Å². The Kier molecular flexibility index (Phi) is 1.89. The van der Waals surface area contributed by atoms with Gasteiger partial charge in [-0.3, -0.25) is 4.40 Å². The maximum atomic E-state index is 9.80. The number of hydrogen-bond acceptors (Lipinski definition) is 3. The van der Waals surface area contributed by atoms with Gasteiger partial charge in [-0.25, -0.2) is 4.98 Å². The SMILES string of the molecule is Oc1cccc2cnc(C3CCCN3)n12. The van der Waals surface area contributed by atoms with Crippen LogP contribution in [-0.4, -0.2) is 21.0 Å². The maximum Gasteiger partial charge on any atom is 0.197 e. The summed E-state index contributed by atoms with van der Waals surface area (Å²) in [6, 6.07) is 5.75. The van der Waals surface area contributed by atoms with Gasteiger partial charge in [0.05, 0.1) is 17.8 Å². The minimum atomic E-state index is 0.258. The van der Waals surface area contributed by atoms with Crippen LogP contribution in [0.1, 0.15) is 24.7 Å². The molecule has 1 fully saturated rings. The van der Waals surface area contributed by atoms with Crippen LogP contribution in [-0.2, 0) is 0 Å². The zero-order chi connectivity index (χ0) is 10.3. The van der Waals surface area contributed by atoms with Crippen LogP contribution >= 0.6 is 0 Å². The predicted molar refractivity (Wildman–Crippen MR) is 56.8 cm³/mol. The van der Waals surface area contributed by atoms with Gasteiger partial charge in [0.25, 0.3) is 0 Å². The van der Waals surface area contributed by atoms with E-state index in [0.29, 0.717) is 0 Å². The fourth-order valence-electron chi connectivity index (χ4n) is 2.21. The average Bonchev–Trinajstić information content (AvgIpc) is 2.85. The van der Waals surface area contributed by atoms with Crippen molar-refractivity contribution < 1.29 is 5.11 Å². The van der Waals surface area contributed by atoms with Gasteiger partial charge in [-0.05, 0) is 31.5 Å². The van der Waals surface area contributed by atoms with Crippen molar-refractivity contribution >= 4 is 5.52 Å². The van der Waals surface area contributed by atoms with Gasteiger partial charge < -0.3 is 10.4 Å². The molecule has 1 aliphatic rings. The highest BCUT2D eigenvalue weighted by Gasteiger charge is 2.21. The molecule has 0 spiro atoms. The predicted octanol–water partition coefficient (Wildman–Crippen LogP) is 1.46. The second-order valence-corrected chi connectivity index (χ2v) is 3.91.